The van der Waals surface area contributed by atoms with Crippen molar-refractivity contribution in [2.45, 2.75) is 33.2 Å². The third kappa shape index (κ3) is 3.41. The SMILES string of the molecule is CCNC(c1ccc(CC)cc1)c1ccc(C)c(Cl)c1. The Morgan fingerprint density at radius 1 is 1.00 bits per heavy atom. The summed E-state index contributed by atoms with van der Waals surface area (Å²) in [5.41, 5.74) is 4.98. The van der Waals surface area contributed by atoms with Crippen LogP contribution in [0.5, 0.6) is 0 Å². The fraction of sp³-hybridized carbons (Fsp3) is 0.333. The van der Waals surface area contributed by atoms with E-state index >= 15 is 0 Å². The topological polar surface area (TPSA) is 12.0 Å². The van der Waals surface area contributed by atoms with E-state index in [4.69, 9.17) is 11.6 Å². The van der Waals surface area contributed by atoms with Gasteiger partial charge in [0.1, 0.15) is 0 Å². The Morgan fingerprint density at radius 3 is 2.20 bits per heavy atom. The zero-order valence-electron chi connectivity index (χ0n) is 12.4. The molecular formula is C18H22ClN. The molecule has 0 fully saturated rings. The molecule has 0 aliphatic heterocycles. The summed E-state index contributed by atoms with van der Waals surface area (Å²) in [5.74, 6) is 0. The molecule has 1 nitrogen and oxygen atoms in total. The van der Waals surface area contributed by atoms with Crippen LogP contribution >= 0.6 is 11.6 Å². The summed E-state index contributed by atoms with van der Waals surface area (Å²) in [6, 6.07) is 15.3. The van der Waals surface area contributed by atoms with Gasteiger partial charge in [0.05, 0.1) is 6.04 Å². The van der Waals surface area contributed by atoms with Crippen molar-refractivity contribution in [3.8, 4) is 0 Å². The van der Waals surface area contributed by atoms with E-state index < -0.39 is 0 Å². The van der Waals surface area contributed by atoms with Crippen LogP contribution in [-0.4, -0.2) is 6.54 Å². The maximum absolute atomic E-state index is 6.27. The lowest BCUT2D eigenvalue weighted by Gasteiger charge is -2.20. The molecule has 2 aromatic carbocycles. The molecule has 2 heteroatoms. The van der Waals surface area contributed by atoms with Gasteiger partial charge in [-0.15, -0.1) is 0 Å². The molecule has 1 atom stereocenters. The van der Waals surface area contributed by atoms with Gasteiger partial charge in [-0.05, 0) is 48.2 Å². The molecule has 0 aliphatic rings. The van der Waals surface area contributed by atoms with Crippen LogP contribution in [0.3, 0.4) is 0 Å². The lowest BCUT2D eigenvalue weighted by molar-refractivity contribution is 0.630. The van der Waals surface area contributed by atoms with Crippen molar-refractivity contribution in [2.24, 2.45) is 0 Å². The van der Waals surface area contributed by atoms with Crippen LogP contribution in [0.15, 0.2) is 42.5 Å². The van der Waals surface area contributed by atoms with Crippen molar-refractivity contribution in [1.29, 1.82) is 0 Å². The largest absolute Gasteiger partial charge is 0.307 e. The Labute approximate surface area is 127 Å². The molecule has 2 aromatic rings. The number of aryl methyl sites for hydroxylation is 2. The highest BCUT2D eigenvalue weighted by Crippen LogP contribution is 2.26. The van der Waals surface area contributed by atoms with Crippen LogP contribution in [0.2, 0.25) is 5.02 Å². The highest BCUT2D eigenvalue weighted by Gasteiger charge is 2.13. The molecule has 0 aliphatic carbocycles. The maximum atomic E-state index is 6.27. The van der Waals surface area contributed by atoms with Crippen LogP contribution < -0.4 is 5.32 Å². The van der Waals surface area contributed by atoms with Gasteiger partial charge in [-0.3, -0.25) is 0 Å². The Balaban J connectivity index is 2.35. The predicted molar refractivity (Wildman–Crippen MR) is 87.5 cm³/mol. The molecule has 0 heterocycles. The standard InChI is InChI=1S/C18H22ClN/c1-4-14-7-10-15(11-8-14)18(20-5-2)16-9-6-13(3)17(19)12-16/h6-12,18,20H,4-5H2,1-3H3. The minimum atomic E-state index is 0.198. The Morgan fingerprint density at radius 2 is 1.65 bits per heavy atom. The Kier molecular flexibility index (Phi) is 5.22. The van der Waals surface area contributed by atoms with Crippen molar-refractivity contribution in [2.75, 3.05) is 6.54 Å². The Bertz CT molecular complexity index is 560. The first-order chi connectivity index (χ1) is 9.65. The smallest absolute Gasteiger partial charge is 0.0577 e. The van der Waals surface area contributed by atoms with Crippen LogP contribution in [-0.2, 0) is 6.42 Å². The molecule has 0 bridgehead atoms. The summed E-state index contributed by atoms with van der Waals surface area (Å²) in [7, 11) is 0. The number of hydrogen-bond acceptors (Lipinski definition) is 1. The van der Waals surface area contributed by atoms with Gasteiger partial charge in [0.25, 0.3) is 0 Å². The monoisotopic (exact) mass is 287 g/mol. The zero-order valence-corrected chi connectivity index (χ0v) is 13.2. The first-order valence-electron chi connectivity index (χ1n) is 7.24. The van der Waals surface area contributed by atoms with Gasteiger partial charge in [-0.25, -0.2) is 0 Å². The normalized spacial score (nSPS) is 12.4. The van der Waals surface area contributed by atoms with E-state index in [0.29, 0.717) is 0 Å². The number of rotatable bonds is 5. The zero-order chi connectivity index (χ0) is 14.5. The maximum Gasteiger partial charge on any atom is 0.0577 e. The van der Waals surface area contributed by atoms with Gasteiger partial charge in [0, 0.05) is 5.02 Å². The summed E-state index contributed by atoms with van der Waals surface area (Å²) in [6.07, 6.45) is 1.07. The summed E-state index contributed by atoms with van der Waals surface area (Å²) in [6.45, 7) is 7.26. The van der Waals surface area contributed by atoms with E-state index in [0.717, 1.165) is 23.6 Å². The molecule has 0 aromatic heterocycles. The second-order valence-corrected chi connectivity index (χ2v) is 5.50. The molecular weight excluding hydrogens is 266 g/mol. The molecule has 0 radical (unpaired) electrons. The van der Waals surface area contributed by atoms with E-state index in [1.165, 1.54) is 16.7 Å². The minimum absolute atomic E-state index is 0.198. The fourth-order valence-corrected chi connectivity index (χ4v) is 2.56. The van der Waals surface area contributed by atoms with E-state index in [9.17, 15) is 0 Å². The van der Waals surface area contributed by atoms with Crippen LogP contribution in [0.25, 0.3) is 0 Å². The van der Waals surface area contributed by atoms with E-state index in [-0.39, 0.29) is 6.04 Å². The van der Waals surface area contributed by atoms with E-state index in [2.05, 4.69) is 61.6 Å². The average Bonchev–Trinajstić information content (AvgIpc) is 2.48. The molecule has 0 spiro atoms. The number of halogens is 1. The molecule has 0 amide bonds. The van der Waals surface area contributed by atoms with Gasteiger partial charge in [0.15, 0.2) is 0 Å². The summed E-state index contributed by atoms with van der Waals surface area (Å²) < 4.78 is 0. The van der Waals surface area contributed by atoms with Crippen molar-refractivity contribution < 1.29 is 0 Å². The fourth-order valence-electron chi connectivity index (χ4n) is 2.37. The van der Waals surface area contributed by atoms with Crippen molar-refractivity contribution in [3.05, 3.63) is 69.7 Å². The number of nitrogens with one attached hydrogen (secondary N) is 1. The van der Waals surface area contributed by atoms with Gasteiger partial charge >= 0.3 is 0 Å². The van der Waals surface area contributed by atoms with E-state index in [1.54, 1.807) is 0 Å². The summed E-state index contributed by atoms with van der Waals surface area (Å²) >= 11 is 6.27. The van der Waals surface area contributed by atoms with Crippen LogP contribution in [0, 0.1) is 6.92 Å². The molecule has 0 saturated carbocycles. The molecule has 1 unspecified atom stereocenters. The molecule has 106 valence electrons. The Hall–Kier alpha value is -1.31. The van der Waals surface area contributed by atoms with Crippen LogP contribution in [0.4, 0.5) is 0 Å². The molecule has 1 N–H and O–H groups in total. The van der Waals surface area contributed by atoms with E-state index in [1.807, 2.05) is 6.92 Å². The van der Waals surface area contributed by atoms with Gasteiger partial charge in [0.2, 0.25) is 0 Å². The number of benzene rings is 2. The van der Waals surface area contributed by atoms with Gasteiger partial charge < -0.3 is 5.32 Å². The quantitative estimate of drug-likeness (QED) is 0.824. The second-order valence-electron chi connectivity index (χ2n) is 5.09. The molecule has 2 rings (SSSR count). The molecule has 0 saturated heterocycles. The summed E-state index contributed by atoms with van der Waals surface area (Å²) in [4.78, 5) is 0. The number of hydrogen-bond donors (Lipinski definition) is 1. The lowest BCUT2D eigenvalue weighted by atomic mass is 9.96. The van der Waals surface area contributed by atoms with Crippen LogP contribution in [0.1, 0.15) is 42.1 Å². The molecule has 20 heavy (non-hydrogen) atoms. The van der Waals surface area contributed by atoms with Crippen molar-refractivity contribution in [1.82, 2.24) is 5.32 Å². The first kappa shape index (κ1) is 15.1. The third-order valence-corrected chi connectivity index (χ3v) is 4.07. The lowest BCUT2D eigenvalue weighted by Crippen LogP contribution is -2.22. The average molecular weight is 288 g/mol. The third-order valence-electron chi connectivity index (χ3n) is 3.66. The summed E-state index contributed by atoms with van der Waals surface area (Å²) in [5, 5.41) is 4.37. The van der Waals surface area contributed by atoms with Crippen molar-refractivity contribution >= 4 is 11.6 Å². The highest BCUT2D eigenvalue weighted by molar-refractivity contribution is 6.31. The van der Waals surface area contributed by atoms with Gasteiger partial charge in [-0.1, -0.05) is 61.8 Å². The first-order valence-corrected chi connectivity index (χ1v) is 7.61. The minimum Gasteiger partial charge on any atom is -0.307 e. The van der Waals surface area contributed by atoms with Gasteiger partial charge in [-0.2, -0.15) is 0 Å². The second kappa shape index (κ2) is 6.92. The van der Waals surface area contributed by atoms with Crippen molar-refractivity contribution in [3.63, 3.8) is 0 Å². The highest BCUT2D eigenvalue weighted by atomic mass is 35.5. The predicted octanol–water partition coefficient (Wildman–Crippen LogP) is 4.91.